The summed E-state index contributed by atoms with van der Waals surface area (Å²) in [7, 11) is 1.34. The van der Waals surface area contributed by atoms with E-state index in [4.69, 9.17) is 4.74 Å². The maximum Gasteiger partial charge on any atom is 0.338 e. The van der Waals surface area contributed by atoms with E-state index in [1.807, 2.05) is 72.8 Å². The summed E-state index contributed by atoms with van der Waals surface area (Å²) in [6, 6.07) is 18.8. The molecule has 0 bridgehead atoms. The largest absolute Gasteiger partial charge is 0.466 e. The predicted molar refractivity (Wildman–Crippen MR) is 119 cm³/mol. The van der Waals surface area contributed by atoms with Crippen LogP contribution >= 0.6 is 11.3 Å². The summed E-state index contributed by atoms with van der Waals surface area (Å²) >= 11 is 1.31. The second-order valence-corrected chi connectivity index (χ2v) is 7.79. The maximum absolute atomic E-state index is 13.3. The molecule has 0 saturated heterocycles. The van der Waals surface area contributed by atoms with Crippen LogP contribution in [0.3, 0.4) is 0 Å². The SMILES string of the molecule is COC(=O)C1=C(C)N=c2s/c(=C\C=C\c3ccccc3)c(=O)n2[C@@H]1c1ccccc1. The lowest BCUT2D eigenvalue weighted by Gasteiger charge is -2.24. The summed E-state index contributed by atoms with van der Waals surface area (Å²) in [4.78, 5) is 30.9. The molecule has 1 aliphatic rings. The summed E-state index contributed by atoms with van der Waals surface area (Å²) < 4.78 is 7.14. The lowest BCUT2D eigenvalue weighted by atomic mass is 9.96. The van der Waals surface area contributed by atoms with Crippen LogP contribution in [-0.2, 0) is 9.53 Å². The summed E-state index contributed by atoms with van der Waals surface area (Å²) in [5.74, 6) is -0.483. The number of esters is 1. The number of methoxy groups -OCH3 is 1. The zero-order valence-corrected chi connectivity index (χ0v) is 17.4. The van der Waals surface area contributed by atoms with Gasteiger partial charge in [0.2, 0.25) is 0 Å². The third-order valence-corrected chi connectivity index (χ3v) is 5.88. The average molecular weight is 417 g/mol. The van der Waals surface area contributed by atoms with Gasteiger partial charge >= 0.3 is 5.97 Å². The predicted octanol–water partition coefficient (Wildman–Crippen LogP) is 3.07. The van der Waals surface area contributed by atoms with Crippen LogP contribution in [0, 0.1) is 0 Å². The Morgan fingerprint density at radius 2 is 1.77 bits per heavy atom. The zero-order valence-electron chi connectivity index (χ0n) is 16.6. The smallest absolute Gasteiger partial charge is 0.338 e. The van der Waals surface area contributed by atoms with Gasteiger partial charge in [-0.2, -0.15) is 0 Å². The second-order valence-electron chi connectivity index (χ2n) is 6.78. The third-order valence-electron chi connectivity index (χ3n) is 4.88. The Hall–Kier alpha value is -3.51. The van der Waals surface area contributed by atoms with Crippen molar-refractivity contribution in [3.05, 3.63) is 109 Å². The van der Waals surface area contributed by atoms with Gasteiger partial charge in [-0.05, 0) is 24.1 Å². The number of carbonyl (C=O) groups is 1. The van der Waals surface area contributed by atoms with Crippen LogP contribution in [0.15, 0.2) is 87.8 Å². The van der Waals surface area contributed by atoms with Crippen LogP contribution in [-0.4, -0.2) is 17.6 Å². The van der Waals surface area contributed by atoms with Gasteiger partial charge in [-0.25, -0.2) is 9.79 Å². The van der Waals surface area contributed by atoms with Crippen molar-refractivity contribution < 1.29 is 9.53 Å². The van der Waals surface area contributed by atoms with Crippen molar-refractivity contribution in [2.24, 2.45) is 4.99 Å². The highest BCUT2D eigenvalue weighted by atomic mass is 32.1. The first-order chi connectivity index (χ1) is 14.6. The van der Waals surface area contributed by atoms with Crippen LogP contribution in [0.25, 0.3) is 12.2 Å². The van der Waals surface area contributed by atoms with E-state index in [1.54, 1.807) is 17.6 Å². The van der Waals surface area contributed by atoms with Gasteiger partial charge in [-0.15, -0.1) is 0 Å². The maximum atomic E-state index is 13.3. The fourth-order valence-corrected chi connectivity index (χ4v) is 4.47. The van der Waals surface area contributed by atoms with Gasteiger partial charge in [-0.1, -0.05) is 84.2 Å². The van der Waals surface area contributed by atoms with Gasteiger partial charge in [0.25, 0.3) is 5.56 Å². The molecule has 150 valence electrons. The molecule has 3 aromatic rings. The van der Waals surface area contributed by atoms with Gasteiger partial charge in [0.15, 0.2) is 4.80 Å². The van der Waals surface area contributed by atoms with Crippen molar-refractivity contribution in [2.75, 3.05) is 7.11 Å². The number of ether oxygens (including phenoxy) is 1. The summed E-state index contributed by atoms with van der Waals surface area (Å²) in [5, 5.41) is 0. The fourth-order valence-electron chi connectivity index (χ4n) is 3.47. The van der Waals surface area contributed by atoms with E-state index < -0.39 is 12.0 Å². The monoisotopic (exact) mass is 416 g/mol. The van der Waals surface area contributed by atoms with Gasteiger partial charge in [0.1, 0.15) is 0 Å². The molecule has 0 aliphatic carbocycles. The Morgan fingerprint density at radius 3 is 2.43 bits per heavy atom. The van der Waals surface area contributed by atoms with Crippen LogP contribution in [0.2, 0.25) is 0 Å². The number of nitrogens with zero attached hydrogens (tertiary/aromatic N) is 2. The number of allylic oxidation sites excluding steroid dienone is 2. The molecule has 1 atom stereocenters. The Balaban J connectivity index is 1.87. The van der Waals surface area contributed by atoms with Crippen LogP contribution in [0.1, 0.15) is 24.1 Å². The van der Waals surface area contributed by atoms with E-state index in [1.165, 1.54) is 18.4 Å². The molecule has 2 aromatic carbocycles. The van der Waals surface area contributed by atoms with Crippen molar-refractivity contribution in [1.29, 1.82) is 0 Å². The molecule has 0 saturated carbocycles. The normalized spacial score (nSPS) is 16.5. The first-order valence-corrected chi connectivity index (χ1v) is 10.3. The first-order valence-electron chi connectivity index (χ1n) is 9.47. The van der Waals surface area contributed by atoms with Gasteiger partial charge in [-0.3, -0.25) is 9.36 Å². The Kier molecular flexibility index (Phi) is 5.59. The van der Waals surface area contributed by atoms with Crippen molar-refractivity contribution in [3.8, 4) is 0 Å². The highest BCUT2D eigenvalue weighted by Crippen LogP contribution is 2.30. The second kappa shape index (κ2) is 8.47. The molecule has 6 heteroatoms. The van der Waals surface area contributed by atoms with Crippen LogP contribution in [0.5, 0.6) is 0 Å². The molecule has 0 radical (unpaired) electrons. The first kappa shape index (κ1) is 19.8. The number of hydrogen-bond acceptors (Lipinski definition) is 5. The molecule has 4 rings (SSSR count). The van der Waals surface area contributed by atoms with E-state index >= 15 is 0 Å². The molecule has 0 N–H and O–H groups in total. The number of rotatable bonds is 4. The van der Waals surface area contributed by atoms with Gasteiger partial charge in [0.05, 0.1) is 29.0 Å². The van der Waals surface area contributed by atoms with Gasteiger partial charge in [0, 0.05) is 0 Å². The molecule has 0 fully saturated rings. The number of carbonyl (C=O) groups excluding carboxylic acids is 1. The Bertz CT molecular complexity index is 1320. The van der Waals surface area contributed by atoms with Crippen molar-refractivity contribution in [3.63, 3.8) is 0 Å². The minimum absolute atomic E-state index is 0.181. The number of benzene rings is 2. The number of hydrogen-bond donors (Lipinski definition) is 0. The van der Waals surface area contributed by atoms with E-state index in [0.29, 0.717) is 20.6 Å². The molecule has 30 heavy (non-hydrogen) atoms. The van der Waals surface area contributed by atoms with E-state index in [2.05, 4.69) is 4.99 Å². The zero-order chi connectivity index (χ0) is 21.1. The molecule has 0 spiro atoms. The number of aromatic nitrogens is 1. The molecule has 1 aliphatic heterocycles. The summed E-state index contributed by atoms with van der Waals surface area (Å²) in [6.07, 6.45) is 5.58. The molecular weight excluding hydrogens is 396 g/mol. The lowest BCUT2D eigenvalue weighted by Crippen LogP contribution is -2.39. The van der Waals surface area contributed by atoms with Crippen molar-refractivity contribution in [1.82, 2.24) is 4.57 Å². The van der Waals surface area contributed by atoms with Crippen LogP contribution in [0.4, 0.5) is 0 Å². The van der Waals surface area contributed by atoms with Crippen LogP contribution < -0.4 is 14.9 Å². The summed E-state index contributed by atoms with van der Waals surface area (Å²) in [5.41, 5.74) is 2.64. The van der Waals surface area contributed by atoms with E-state index in [0.717, 1.165) is 11.1 Å². The van der Waals surface area contributed by atoms with E-state index in [-0.39, 0.29) is 5.56 Å². The topological polar surface area (TPSA) is 60.7 Å². The number of thiazole rings is 1. The Labute approximate surface area is 177 Å². The van der Waals surface area contributed by atoms with Crippen molar-refractivity contribution >= 4 is 29.5 Å². The quantitative estimate of drug-likeness (QED) is 0.614. The minimum atomic E-state index is -0.574. The molecule has 0 amide bonds. The molecule has 0 unspecified atom stereocenters. The summed E-state index contributed by atoms with van der Waals surface area (Å²) in [6.45, 7) is 1.77. The molecular formula is C24H20N2O3S. The average Bonchev–Trinajstić information content (AvgIpc) is 3.08. The molecule has 1 aromatic heterocycles. The minimum Gasteiger partial charge on any atom is -0.466 e. The van der Waals surface area contributed by atoms with Crippen molar-refractivity contribution in [2.45, 2.75) is 13.0 Å². The Morgan fingerprint density at radius 1 is 1.10 bits per heavy atom. The molecule has 5 nitrogen and oxygen atoms in total. The number of fused-ring (bicyclic) bond motifs is 1. The highest BCUT2D eigenvalue weighted by Gasteiger charge is 2.32. The lowest BCUT2D eigenvalue weighted by molar-refractivity contribution is -0.136. The third kappa shape index (κ3) is 3.69. The van der Waals surface area contributed by atoms with E-state index in [9.17, 15) is 9.59 Å². The standard InChI is InChI=1S/C24H20N2O3S/c1-16-20(23(28)29-2)21(18-13-7-4-8-14-18)26-22(27)19(30-24(26)25-16)15-9-12-17-10-5-3-6-11-17/h3-15,21H,1-2H3/b12-9+,19-15-/t21-/m1/s1. The molecule has 2 heterocycles. The highest BCUT2D eigenvalue weighted by molar-refractivity contribution is 7.07. The fraction of sp³-hybridized carbons (Fsp3) is 0.125. The van der Waals surface area contributed by atoms with Gasteiger partial charge < -0.3 is 4.74 Å².